The van der Waals surface area contributed by atoms with E-state index in [1.54, 1.807) is 0 Å². The van der Waals surface area contributed by atoms with Crippen molar-refractivity contribution in [1.29, 1.82) is 0 Å². The number of aryl methyl sites for hydroxylation is 1. The lowest BCUT2D eigenvalue weighted by Gasteiger charge is -2.36. The molecule has 1 aromatic heterocycles. The molecule has 32 heavy (non-hydrogen) atoms. The molecule has 1 N–H and O–H groups in total. The number of hydrogen-bond acceptors (Lipinski definition) is 5. The number of aromatic nitrogens is 2. The van der Waals surface area contributed by atoms with Gasteiger partial charge in [0, 0.05) is 48.4 Å². The van der Waals surface area contributed by atoms with E-state index in [-0.39, 0.29) is 23.1 Å². The van der Waals surface area contributed by atoms with Crippen molar-refractivity contribution in [1.82, 2.24) is 14.9 Å². The van der Waals surface area contributed by atoms with Crippen LogP contribution >= 0.6 is 11.8 Å². The molecule has 2 heterocycles. The van der Waals surface area contributed by atoms with Crippen molar-refractivity contribution >= 4 is 23.4 Å². The second-order valence-electron chi connectivity index (χ2n) is 7.99. The Kier molecular flexibility index (Phi) is 6.95. The van der Waals surface area contributed by atoms with Gasteiger partial charge in [0.15, 0.2) is 5.16 Å². The van der Waals surface area contributed by atoms with E-state index in [0.29, 0.717) is 29.5 Å². The number of rotatable bonds is 6. The SMILES string of the molecule is Cc1nc(S[C@@H](C)c2ccccc2)[nH]c(=O)c1CC(=O)N1CCN(c2ccccc2)CC1. The normalized spacial score (nSPS) is 14.9. The van der Waals surface area contributed by atoms with E-state index >= 15 is 0 Å². The van der Waals surface area contributed by atoms with Crippen LogP contribution in [0.5, 0.6) is 0 Å². The van der Waals surface area contributed by atoms with Crippen LogP contribution in [0, 0.1) is 6.92 Å². The van der Waals surface area contributed by atoms with Gasteiger partial charge in [0.05, 0.1) is 6.42 Å². The van der Waals surface area contributed by atoms with E-state index in [1.807, 2.05) is 48.2 Å². The van der Waals surface area contributed by atoms with Crippen molar-refractivity contribution in [2.24, 2.45) is 0 Å². The van der Waals surface area contributed by atoms with Gasteiger partial charge in [-0.1, -0.05) is 60.3 Å². The number of piperazine rings is 1. The number of nitrogens with zero attached hydrogens (tertiary/aromatic N) is 3. The van der Waals surface area contributed by atoms with Crippen LogP contribution in [0.25, 0.3) is 0 Å². The maximum absolute atomic E-state index is 12.9. The number of para-hydroxylation sites is 1. The molecule has 4 rings (SSSR count). The first-order valence-electron chi connectivity index (χ1n) is 10.9. The first-order chi connectivity index (χ1) is 15.5. The van der Waals surface area contributed by atoms with E-state index in [1.165, 1.54) is 23.0 Å². The van der Waals surface area contributed by atoms with Gasteiger partial charge in [0.25, 0.3) is 5.56 Å². The van der Waals surface area contributed by atoms with Crippen molar-refractivity contribution in [3.05, 3.63) is 87.8 Å². The summed E-state index contributed by atoms with van der Waals surface area (Å²) in [6.07, 6.45) is 0.0820. The van der Waals surface area contributed by atoms with Gasteiger partial charge < -0.3 is 14.8 Å². The average molecular weight is 449 g/mol. The molecule has 0 unspecified atom stereocenters. The van der Waals surface area contributed by atoms with Gasteiger partial charge in [-0.05, 0) is 31.5 Å². The number of aromatic amines is 1. The summed E-state index contributed by atoms with van der Waals surface area (Å²) in [4.78, 5) is 37.2. The summed E-state index contributed by atoms with van der Waals surface area (Å²) < 4.78 is 0. The third-order valence-electron chi connectivity index (χ3n) is 5.84. The van der Waals surface area contributed by atoms with Gasteiger partial charge in [-0.15, -0.1) is 0 Å². The molecule has 7 heteroatoms. The van der Waals surface area contributed by atoms with Crippen LogP contribution in [0.2, 0.25) is 0 Å². The first-order valence-corrected chi connectivity index (χ1v) is 11.8. The van der Waals surface area contributed by atoms with Crippen molar-refractivity contribution in [2.45, 2.75) is 30.7 Å². The molecule has 1 saturated heterocycles. The fraction of sp³-hybridized carbons (Fsp3) is 0.320. The lowest BCUT2D eigenvalue weighted by atomic mass is 10.1. The van der Waals surface area contributed by atoms with Gasteiger partial charge in [-0.25, -0.2) is 4.98 Å². The fourth-order valence-electron chi connectivity index (χ4n) is 3.92. The molecule has 1 fully saturated rings. The van der Waals surface area contributed by atoms with Crippen molar-refractivity contribution < 1.29 is 4.79 Å². The molecule has 1 aliphatic rings. The summed E-state index contributed by atoms with van der Waals surface area (Å²) in [5.41, 5.74) is 3.20. The Morgan fingerprint density at radius 3 is 2.28 bits per heavy atom. The summed E-state index contributed by atoms with van der Waals surface area (Å²) in [7, 11) is 0. The highest BCUT2D eigenvalue weighted by Crippen LogP contribution is 2.32. The third-order valence-corrected chi connectivity index (χ3v) is 6.88. The van der Waals surface area contributed by atoms with E-state index in [9.17, 15) is 9.59 Å². The minimum atomic E-state index is -0.225. The van der Waals surface area contributed by atoms with Crippen LogP contribution in [-0.4, -0.2) is 47.0 Å². The van der Waals surface area contributed by atoms with Crippen LogP contribution in [-0.2, 0) is 11.2 Å². The molecule has 1 aliphatic heterocycles. The highest BCUT2D eigenvalue weighted by molar-refractivity contribution is 7.99. The number of hydrogen-bond donors (Lipinski definition) is 1. The largest absolute Gasteiger partial charge is 0.368 e. The van der Waals surface area contributed by atoms with Gasteiger partial charge in [-0.3, -0.25) is 9.59 Å². The smallest absolute Gasteiger partial charge is 0.255 e. The van der Waals surface area contributed by atoms with E-state index in [0.717, 1.165) is 13.1 Å². The summed E-state index contributed by atoms with van der Waals surface area (Å²) >= 11 is 1.51. The summed E-state index contributed by atoms with van der Waals surface area (Å²) in [5, 5.41) is 0.740. The Morgan fingerprint density at radius 2 is 1.66 bits per heavy atom. The molecule has 0 aliphatic carbocycles. The van der Waals surface area contributed by atoms with Crippen molar-refractivity contribution in [2.75, 3.05) is 31.1 Å². The van der Waals surface area contributed by atoms with E-state index in [2.05, 4.69) is 46.1 Å². The maximum atomic E-state index is 12.9. The molecule has 0 radical (unpaired) electrons. The number of anilines is 1. The zero-order chi connectivity index (χ0) is 22.5. The van der Waals surface area contributed by atoms with E-state index in [4.69, 9.17) is 0 Å². The first kappa shape index (κ1) is 22.1. The lowest BCUT2D eigenvalue weighted by molar-refractivity contribution is -0.130. The van der Waals surface area contributed by atoms with Gasteiger partial charge in [0.2, 0.25) is 5.91 Å². The van der Waals surface area contributed by atoms with Crippen LogP contribution in [0.3, 0.4) is 0 Å². The van der Waals surface area contributed by atoms with E-state index < -0.39 is 0 Å². The third kappa shape index (κ3) is 5.22. The molecule has 0 bridgehead atoms. The molecule has 2 aromatic carbocycles. The van der Waals surface area contributed by atoms with Crippen molar-refractivity contribution in [3.63, 3.8) is 0 Å². The Hall–Kier alpha value is -3.06. The topological polar surface area (TPSA) is 69.3 Å². The summed E-state index contributed by atoms with van der Waals surface area (Å²) in [5.74, 6) is -0.0221. The number of carbonyl (C=O) groups is 1. The molecule has 1 atom stereocenters. The molecular weight excluding hydrogens is 420 g/mol. The Labute approximate surface area is 192 Å². The number of amides is 1. The maximum Gasteiger partial charge on any atom is 0.255 e. The Bertz CT molecular complexity index is 1110. The number of H-pyrrole nitrogens is 1. The van der Waals surface area contributed by atoms with Crippen LogP contribution in [0.4, 0.5) is 5.69 Å². The second kappa shape index (κ2) is 10.0. The van der Waals surface area contributed by atoms with Gasteiger partial charge in [0.1, 0.15) is 0 Å². The Balaban J connectivity index is 1.38. The van der Waals surface area contributed by atoms with Gasteiger partial charge in [-0.2, -0.15) is 0 Å². The average Bonchev–Trinajstić information content (AvgIpc) is 2.82. The minimum absolute atomic E-state index is 0.0221. The van der Waals surface area contributed by atoms with Gasteiger partial charge >= 0.3 is 0 Å². The van der Waals surface area contributed by atoms with Crippen LogP contribution in [0.1, 0.15) is 29.0 Å². The second-order valence-corrected chi connectivity index (χ2v) is 9.32. The molecule has 6 nitrogen and oxygen atoms in total. The minimum Gasteiger partial charge on any atom is -0.368 e. The summed E-state index contributed by atoms with van der Waals surface area (Å²) in [6.45, 7) is 6.78. The predicted octanol–water partition coefficient (Wildman–Crippen LogP) is 3.82. The van der Waals surface area contributed by atoms with Crippen LogP contribution < -0.4 is 10.5 Å². The standard InChI is InChI=1S/C25H28N4O2S/c1-18-22(24(31)27-25(26-18)32-19(2)20-9-5-3-6-10-20)17-23(30)29-15-13-28(14-16-29)21-11-7-4-8-12-21/h3-12,19H,13-17H2,1-2H3,(H,26,27,31)/t19-/m0/s1. The molecular formula is C25H28N4O2S. The highest BCUT2D eigenvalue weighted by Gasteiger charge is 2.23. The highest BCUT2D eigenvalue weighted by atomic mass is 32.2. The number of benzene rings is 2. The lowest BCUT2D eigenvalue weighted by Crippen LogP contribution is -2.49. The predicted molar refractivity (Wildman–Crippen MR) is 129 cm³/mol. The fourth-order valence-corrected chi connectivity index (χ4v) is 4.89. The molecule has 0 spiro atoms. The molecule has 1 amide bonds. The Morgan fingerprint density at radius 1 is 1.03 bits per heavy atom. The van der Waals surface area contributed by atoms with Crippen LogP contribution in [0.15, 0.2) is 70.6 Å². The zero-order valence-electron chi connectivity index (χ0n) is 18.5. The monoisotopic (exact) mass is 448 g/mol. The number of thioether (sulfide) groups is 1. The summed E-state index contributed by atoms with van der Waals surface area (Å²) in [6, 6.07) is 20.3. The quantitative estimate of drug-likeness (QED) is 0.459. The van der Waals surface area contributed by atoms with Crippen molar-refractivity contribution in [3.8, 4) is 0 Å². The molecule has 3 aromatic rings. The number of carbonyl (C=O) groups excluding carboxylic acids is 1. The molecule has 0 saturated carbocycles. The zero-order valence-corrected chi connectivity index (χ0v) is 19.3. The molecule has 166 valence electrons. The number of nitrogens with one attached hydrogen (secondary N) is 1.